The smallest absolute Gasteiger partial charge is 0.288 e. The highest BCUT2D eigenvalue weighted by Gasteiger charge is 2.53. The highest BCUT2D eigenvalue weighted by Crippen LogP contribution is 2.27. The summed E-state index contributed by atoms with van der Waals surface area (Å²) in [6.07, 6.45) is 0.508. The van der Waals surface area contributed by atoms with Crippen molar-refractivity contribution >= 4 is 40.9 Å². The van der Waals surface area contributed by atoms with Crippen LogP contribution in [0.25, 0.3) is 0 Å². The molecule has 4 amide bonds. The van der Waals surface area contributed by atoms with Crippen LogP contribution >= 0.6 is 0 Å². The number of para-hydroxylation sites is 1. The Labute approximate surface area is 236 Å². The van der Waals surface area contributed by atoms with Crippen LogP contribution in [0.2, 0.25) is 0 Å². The second kappa shape index (κ2) is 12.5. The highest BCUT2D eigenvalue weighted by atomic mass is 16.7. The third-order valence-corrected chi connectivity index (χ3v) is 7.45. The van der Waals surface area contributed by atoms with Crippen LogP contribution in [0.3, 0.4) is 0 Å². The summed E-state index contributed by atoms with van der Waals surface area (Å²) in [5.41, 5.74) is -2.66. The molecule has 2 N–H and O–H groups in total. The average Bonchev–Trinajstić information content (AvgIpc) is 3.43. The zero-order valence-corrected chi connectivity index (χ0v) is 23.6. The topological polar surface area (TPSA) is 185 Å². The van der Waals surface area contributed by atoms with Crippen molar-refractivity contribution in [3.05, 3.63) is 39.9 Å². The van der Waals surface area contributed by atoms with Crippen LogP contribution in [-0.4, -0.2) is 87.4 Å². The number of Topliss-reactive ketones (excluding diaryl/α,β-unsaturated/α-hetero) is 2. The van der Waals surface area contributed by atoms with E-state index in [0.29, 0.717) is 17.9 Å². The molecule has 3 rings (SSSR count). The molecule has 41 heavy (non-hydrogen) atoms. The lowest BCUT2D eigenvalue weighted by Crippen LogP contribution is -2.67. The van der Waals surface area contributed by atoms with E-state index >= 15 is 0 Å². The zero-order chi connectivity index (χ0) is 30.6. The minimum absolute atomic E-state index is 0.107. The predicted octanol–water partition coefficient (Wildman–Crippen LogP) is 0.726. The molecule has 0 spiro atoms. The Hall–Kier alpha value is -4.20. The first-order valence-electron chi connectivity index (χ1n) is 13.3. The van der Waals surface area contributed by atoms with Crippen molar-refractivity contribution in [2.45, 2.75) is 77.0 Å². The first-order chi connectivity index (χ1) is 19.2. The van der Waals surface area contributed by atoms with Gasteiger partial charge in [-0.3, -0.25) is 43.7 Å². The number of piperidine rings is 1. The number of rotatable bonds is 10. The van der Waals surface area contributed by atoms with Gasteiger partial charge < -0.3 is 15.5 Å². The number of nitro benzene ring substituents is 1. The molecule has 2 heterocycles. The lowest BCUT2D eigenvalue weighted by Gasteiger charge is -2.40. The third-order valence-electron chi connectivity index (χ3n) is 7.45. The summed E-state index contributed by atoms with van der Waals surface area (Å²) in [5.74, 6) is -4.30. The van der Waals surface area contributed by atoms with Crippen molar-refractivity contribution in [3.8, 4) is 0 Å². The van der Waals surface area contributed by atoms with Gasteiger partial charge in [-0.25, -0.2) is 0 Å². The van der Waals surface area contributed by atoms with Gasteiger partial charge in [0.25, 0.3) is 11.6 Å². The summed E-state index contributed by atoms with van der Waals surface area (Å²) < 4.78 is 0. The maximum Gasteiger partial charge on any atom is 0.288 e. The Bertz CT molecular complexity index is 1270. The maximum absolute atomic E-state index is 13.4. The summed E-state index contributed by atoms with van der Waals surface area (Å²) >= 11 is 0. The van der Waals surface area contributed by atoms with Gasteiger partial charge in [-0.2, -0.15) is 5.06 Å². The summed E-state index contributed by atoms with van der Waals surface area (Å²) in [7, 11) is 1.16. The van der Waals surface area contributed by atoms with Crippen molar-refractivity contribution in [1.29, 1.82) is 0 Å². The lowest BCUT2D eigenvalue weighted by atomic mass is 9.87. The molecule has 0 unspecified atom stereocenters. The number of carbonyl (C=O) groups excluding carboxylic acids is 6. The Morgan fingerprint density at radius 2 is 1.85 bits per heavy atom. The lowest BCUT2D eigenvalue weighted by molar-refractivity contribution is -0.385. The molecule has 0 aromatic heterocycles. The van der Waals surface area contributed by atoms with E-state index in [1.165, 1.54) is 36.9 Å². The van der Waals surface area contributed by atoms with Gasteiger partial charge in [0.15, 0.2) is 11.6 Å². The monoisotopic (exact) mass is 572 g/mol. The number of amides is 4. The fourth-order valence-corrected chi connectivity index (χ4v) is 5.11. The zero-order valence-electron chi connectivity index (χ0n) is 23.6. The van der Waals surface area contributed by atoms with E-state index in [1.807, 2.05) is 0 Å². The summed E-state index contributed by atoms with van der Waals surface area (Å²) in [5, 5.41) is 17.3. The van der Waals surface area contributed by atoms with Crippen molar-refractivity contribution in [1.82, 2.24) is 20.6 Å². The number of likely N-dealkylation sites (tertiary alicyclic amines) is 1. The molecule has 14 nitrogen and oxygen atoms in total. The first-order valence-corrected chi connectivity index (χ1v) is 13.3. The van der Waals surface area contributed by atoms with Crippen LogP contribution in [0.1, 0.15) is 63.7 Å². The van der Waals surface area contributed by atoms with E-state index in [2.05, 4.69) is 16.7 Å². The standard InChI is InChI=1S/C27H34N5O9/c1-15(2)22(23(35)17-9-6-7-10-18(17)32(39)40)29-24(36)19-11-8-14-30(19)25(37)16(3)28-26(38)27(4)20(33)12-13-21(34)31(27)41-5/h6-7,9,15-16,19,22H,8,11-14H2,1-5H3,(H,28,38)(H,29,36)/t16-,19-,22-,27+/m0/s1. The largest absolute Gasteiger partial charge is 0.344 e. The van der Waals surface area contributed by atoms with Gasteiger partial charge in [-0.1, -0.05) is 19.9 Å². The molecule has 2 aliphatic heterocycles. The van der Waals surface area contributed by atoms with Crippen molar-refractivity contribution in [2.24, 2.45) is 5.92 Å². The minimum atomic E-state index is -1.97. The van der Waals surface area contributed by atoms with Gasteiger partial charge in [0.2, 0.25) is 23.3 Å². The molecule has 2 fully saturated rings. The van der Waals surface area contributed by atoms with Gasteiger partial charge in [-0.15, -0.1) is 0 Å². The normalized spacial score (nSPS) is 22.3. The average molecular weight is 573 g/mol. The number of nitrogens with one attached hydrogen (secondary N) is 2. The Morgan fingerprint density at radius 1 is 1.17 bits per heavy atom. The molecule has 2 aliphatic rings. The van der Waals surface area contributed by atoms with Crippen LogP contribution in [0, 0.1) is 22.1 Å². The molecule has 0 bridgehead atoms. The van der Waals surface area contributed by atoms with E-state index < -0.39 is 75.4 Å². The fourth-order valence-electron chi connectivity index (χ4n) is 5.11. The summed E-state index contributed by atoms with van der Waals surface area (Å²) in [6.45, 7) is 6.20. The molecule has 4 atom stereocenters. The molecule has 1 aromatic carbocycles. The van der Waals surface area contributed by atoms with Gasteiger partial charge in [0.05, 0.1) is 29.7 Å². The number of carbonyl (C=O) groups is 6. The minimum Gasteiger partial charge on any atom is -0.344 e. The number of ketones is 2. The molecule has 0 saturated carbocycles. The van der Waals surface area contributed by atoms with Gasteiger partial charge in [0.1, 0.15) is 12.1 Å². The van der Waals surface area contributed by atoms with Crippen molar-refractivity contribution in [3.63, 3.8) is 0 Å². The number of hydrogen-bond acceptors (Lipinski definition) is 9. The Balaban J connectivity index is 1.74. The summed E-state index contributed by atoms with van der Waals surface area (Å²) in [4.78, 5) is 95.0. The SMILES string of the molecule is CON1C(=O)CCC(=O)[C@]1(C)C(=O)N[C@@H](C)C(=O)N1CCC[C@H]1C(=O)N[C@H](C(=O)c1ccc[c]c1[N+](=O)[O-])C(C)C. The molecule has 1 aromatic rings. The molecular weight excluding hydrogens is 538 g/mol. The molecule has 221 valence electrons. The van der Waals surface area contributed by atoms with E-state index in [1.54, 1.807) is 13.8 Å². The van der Waals surface area contributed by atoms with Gasteiger partial charge in [-0.05, 0) is 44.7 Å². The number of nitro groups is 1. The molecule has 14 heteroatoms. The van der Waals surface area contributed by atoms with Crippen molar-refractivity contribution < 1.29 is 38.5 Å². The molecular formula is C27H34N5O9. The van der Waals surface area contributed by atoms with Crippen LogP contribution in [0.15, 0.2) is 18.2 Å². The van der Waals surface area contributed by atoms with Gasteiger partial charge in [0, 0.05) is 19.4 Å². The first kappa shape index (κ1) is 31.3. The second-order valence-corrected chi connectivity index (χ2v) is 10.5. The number of benzene rings is 1. The van der Waals surface area contributed by atoms with E-state index in [4.69, 9.17) is 4.84 Å². The quantitative estimate of drug-likeness (QED) is 0.176. The van der Waals surface area contributed by atoms with E-state index in [0.717, 1.165) is 7.11 Å². The van der Waals surface area contributed by atoms with Crippen LogP contribution in [0.5, 0.6) is 0 Å². The highest BCUT2D eigenvalue weighted by molar-refractivity contribution is 6.15. The predicted molar refractivity (Wildman–Crippen MR) is 142 cm³/mol. The van der Waals surface area contributed by atoms with Crippen LogP contribution in [0.4, 0.5) is 5.69 Å². The third kappa shape index (κ3) is 6.11. The van der Waals surface area contributed by atoms with Crippen molar-refractivity contribution in [2.75, 3.05) is 13.7 Å². The van der Waals surface area contributed by atoms with E-state index in [9.17, 15) is 38.9 Å². The number of hydrogen-bond donors (Lipinski definition) is 2. The van der Waals surface area contributed by atoms with Gasteiger partial charge >= 0.3 is 0 Å². The molecule has 2 saturated heterocycles. The molecule has 1 radical (unpaired) electrons. The summed E-state index contributed by atoms with van der Waals surface area (Å²) in [6, 6.07) is 3.25. The fraction of sp³-hybridized carbons (Fsp3) is 0.556. The number of nitrogens with zero attached hydrogens (tertiary/aromatic N) is 3. The Morgan fingerprint density at radius 3 is 2.46 bits per heavy atom. The number of hydroxylamine groups is 2. The van der Waals surface area contributed by atoms with Crippen LogP contribution in [-0.2, 0) is 28.8 Å². The second-order valence-electron chi connectivity index (χ2n) is 10.5. The molecule has 0 aliphatic carbocycles. The Kier molecular flexibility index (Phi) is 9.58. The van der Waals surface area contributed by atoms with E-state index in [-0.39, 0.29) is 24.9 Å². The maximum atomic E-state index is 13.4. The van der Waals surface area contributed by atoms with Crippen LogP contribution < -0.4 is 10.6 Å².